The van der Waals surface area contributed by atoms with Crippen molar-refractivity contribution in [1.82, 2.24) is 0 Å². The summed E-state index contributed by atoms with van der Waals surface area (Å²) in [5.74, 6) is -4.97. The van der Waals surface area contributed by atoms with Gasteiger partial charge in [0.1, 0.15) is 0 Å². The van der Waals surface area contributed by atoms with Gasteiger partial charge in [-0.1, -0.05) is 18.2 Å². The predicted octanol–water partition coefficient (Wildman–Crippen LogP) is 0.433. The number of carbonyl (C=O) groups excluding carboxylic acids is 1. The van der Waals surface area contributed by atoms with Crippen molar-refractivity contribution in [3.05, 3.63) is 48.0 Å². The van der Waals surface area contributed by atoms with Crippen molar-refractivity contribution < 1.29 is 44.4 Å². The molecule has 0 radical (unpaired) electrons. The summed E-state index contributed by atoms with van der Waals surface area (Å²) >= 11 is 0. The summed E-state index contributed by atoms with van der Waals surface area (Å²) in [7, 11) is 0. The van der Waals surface area contributed by atoms with Crippen LogP contribution in [0.1, 0.15) is 23.2 Å². The van der Waals surface area contributed by atoms with E-state index in [9.17, 15) is 24.0 Å². The molecule has 0 aliphatic carbocycles. The number of carbonyl (C=O) groups is 5. The van der Waals surface area contributed by atoms with Crippen LogP contribution in [0.15, 0.2) is 42.5 Å². The third-order valence-electron chi connectivity index (χ3n) is 1.96. The van der Waals surface area contributed by atoms with Gasteiger partial charge in [0.2, 0.25) is 5.91 Å². The molecule has 0 saturated carbocycles. The second-order valence-electron chi connectivity index (χ2n) is 4.03. The summed E-state index contributed by atoms with van der Waals surface area (Å²) in [5.41, 5.74) is 4.88. The summed E-state index contributed by atoms with van der Waals surface area (Å²) < 4.78 is 0. The molecule has 136 valence electrons. The highest BCUT2D eigenvalue weighted by atomic mass is 16.4. The van der Waals surface area contributed by atoms with E-state index >= 15 is 0 Å². The largest absolute Gasteiger partial charge is 0.481 e. The molecule has 6 N–H and O–H groups in total. The van der Waals surface area contributed by atoms with E-state index in [1.165, 1.54) is 0 Å². The topological polar surface area (TPSA) is 192 Å². The second kappa shape index (κ2) is 13.9. The van der Waals surface area contributed by atoms with Crippen molar-refractivity contribution in [1.29, 1.82) is 0 Å². The van der Waals surface area contributed by atoms with Crippen LogP contribution in [0.5, 0.6) is 0 Å². The summed E-state index contributed by atoms with van der Waals surface area (Å²) in [6, 6.07) is 8.30. The van der Waals surface area contributed by atoms with Crippen LogP contribution in [0.4, 0.5) is 0 Å². The first kappa shape index (κ1) is 23.6. The molecule has 0 aromatic heterocycles. The molecule has 1 amide bonds. The number of hydrogen-bond donors (Lipinski definition) is 5. The average Bonchev–Trinajstić information content (AvgIpc) is 2.53. The standard InChI is InChI=1S/C7H6O2.C4H5NO3.C4H6O4/c8-7(9)6-4-2-1-3-5-6;2*5-3(6)1-2-4(7)8/h1-5H,(H,8,9);1-2H,(H2,5,6)(H,7,8);1-2H2,(H,5,6)(H,7,8)/b;2-1-;. The molecule has 0 heterocycles. The van der Waals surface area contributed by atoms with Crippen LogP contribution in [0.3, 0.4) is 0 Å². The lowest BCUT2D eigenvalue weighted by atomic mass is 10.2. The number of nitrogens with two attached hydrogens (primary N) is 1. The lowest BCUT2D eigenvalue weighted by Crippen LogP contribution is -2.06. The van der Waals surface area contributed by atoms with Gasteiger partial charge in [-0.15, -0.1) is 0 Å². The molecule has 1 rings (SSSR count). The Bertz CT molecular complexity index is 593. The highest BCUT2D eigenvalue weighted by molar-refractivity contribution is 5.92. The minimum atomic E-state index is -1.18. The maximum atomic E-state index is 10.2. The number of carboxylic acid groups (broad SMARTS) is 4. The number of primary amides is 1. The van der Waals surface area contributed by atoms with Crippen LogP contribution in [0.2, 0.25) is 0 Å². The molecule has 1 aromatic carbocycles. The molecule has 0 saturated heterocycles. The average molecular weight is 355 g/mol. The molecule has 10 nitrogen and oxygen atoms in total. The van der Waals surface area contributed by atoms with Crippen LogP contribution < -0.4 is 5.73 Å². The maximum Gasteiger partial charge on any atom is 0.335 e. The summed E-state index contributed by atoms with van der Waals surface area (Å²) in [4.78, 5) is 48.9. The normalized spacial score (nSPS) is 8.96. The Balaban J connectivity index is 0. The van der Waals surface area contributed by atoms with Gasteiger partial charge < -0.3 is 26.2 Å². The number of amides is 1. The molecule has 0 unspecified atom stereocenters. The van der Waals surface area contributed by atoms with Gasteiger partial charge in [0.15, 0.2) is 0 Å². The minimum absolute atomic E-state index is 0.296. The lowest BCUT2D eigenvalue weighted by molar-refractivity contribution is -0.143. The fourth-order valence-corrected chi connectivity index (χ4v) is 0.948. The molecule has 1 aromatic rings. The van der Waals surface area contributed by atoms with Crippen LogP contribution in [0, 0.1) is 0 Å². The summed E-state index contributed by atoms with van der Waals surface area (Å²) in [5, 5.41) is 32.1. The first-order chi connectivity index (χ1) is 11.6. The molecule has 0 atom stereocenters. The van der Waals surface area contributed by atoms with E-state index in [-0.39, 0.29) is 12.8 Å². The van der Waals surface area contributed by atoms with Crippen molar-refractivity contribution in [3.63, 3.8) is 0 Å². The van der Waals surface area contributed by atoms with Crippen LogP contribution in [0.25, 0.3) is 0 Å². The third-order valence-corrected chi connectivity index (χ3v) is 1.96. The zero-order valence-electron chi connectivity index (χ0n) is 12.9. The Morgan fingerprint density at radius 3 is 1.44 bits per heavy atom. The monoisotopic (exact) mass is 355 g/mol. The summed E-state index contributed by atoms with van der Waals surface area (Å²) in [6.45, 7) is 0. The number of benzene rings is 1. The fourth-order valence-electron chi connectivity index (χ4n) is 0.948. The van der Waals surface area contributed by atoms with Crippen LogP contribution in [-0.4, -0.2) is 50.2 Å². The number of hydrogen-bond acceptors (Lipinski definition) is 5. The molecule has 10 heteroatoms. The quantitative estimate of drug-likeness (QED) is 0.450. The van der Waals surface area contributed by atoms with Crippen molar-refractivity contribution in [2.75, 3.05) is 0 Å². The number of carboxylic acids is 4. The highest BCUT2D eigenvalue weighted by Crippen LogP contribution is 1.96. The highest BCUT2D eigenvalue weighted by Gasteiger charge is 2.00. The van der Waals surface area contributed by atoms with Crippen LogP contribution in [-0.2, 0) is 19.2 Å². The van der Waals surface area contributed by atoms with Gasteiger partial charge in [0.05, 0.1) is 18.4 Å². The number of rotatable bonds is 6. The Labute approximate surface area is 141 Å². The number of aliphatic carboxylic acids is 3. The molecule has 25 heavy (non-hydrogen) atoms. The van der Waals surface area contributed by atoms with E-state index in [4.69, 9.17) is 20.4 Å². The van der Waals surface area contributed by atoms with Gasteiger partial charge in [-0.2, -0.15) is 0 Å². The Morgan fingerprint density at radius 1 is 0.800 bits per heavy atom. The zero-order chi connectivity index (χ0) is 19.8. The molecule has 0 bridgehead atoms. The Kier molecular flexibility index (Phi) is 13.1. The van der Waals surface area contributed by atoms with Gasteiger partial charge in [-0.05, 0) is 12.1 Å². The predicted molar refractivity (Wildman–Crippen MR) is 83.9 cm³/mol. The number of aromatic carboxylic acids is 1. The molecular weight excluding hydrogens is 338 g/mol. The van der Waals surface area contributed by atoms with Gasteiger partial charge in [-0.3, -0.25) is 14.4 Å². The van der Waals surface area contributed by atoms with Crippen LogP contribution >= 0.6 is 0 Å². The first-order valence-electron chi connectivity index (χ1n) is 6.48. The molecule has 0 aliphatic heterocycles. The second-order valence-corrected chi connectivity index (χ2v) is 4.03. The minimum Gasteiger partial charge on any atom is -0.481 e. The molecule has 0 aliphatic rings. The SMILES string of the molecule is NC(=O)/C=C\C(=O)O.O=C(O)CCC(=O)O.O=C(O)c1ccccc1. The van der Waals surface area contributed by atoms with E-state index in [2.05, 4.69) is 5.73 Å². The third kappa shape index (κ3) is 20.3. The van der Waals surface area contributed by atoms with Crippen molar-refractivity contribution in [3.8, 4) is 0 Å². The molecule has 0 spiro atoms. The van der Waals surface area contributed by atoms with Crippen molar-refractivity contribution in [2.24, 2.45) is 5.73 Å². The van der Waals surface area contributed by atoms with E-state index in [1.54, 1.807) is 30.3 Å². The van der Waals surface area contributed by atoms with E-state index < -0.39 is 29.8 Å². The lowest BCUT2D eigenvalue weighted by Gasteiger charge is -1.88. The zero-order valence-corrected chi connectivity index (χ0v) is 12.9. The Morgan fingerprint density at radius 2 is 1.24 bits per heavy atom. The van der Waals surface area contributed by atoms with Gasteiger partial charge in [0.25, 0.3) is 0 Å². The van der Waals surface area contributed by atoms with Gasteiger partial charge in [0, 0.05) is 12.2 Å². The summed E-state index contributed by atoms with van der Waals surface area (Å²) in [6.07, 6.45) is 0.870. The van der Waals surface area contributed by atoms with Crippen molar-refractivity contribution in [2.45, 2.75) is 12.8 Å². The molecule has 0 fully saturated rings. The maximum absolute atomic E-state index is 10.2. The Hall–Kier alpha value is -3.69. The van der Waals surface area contributed by atoms with E-state index in [1.807, 2.05) is 0 Å². The van der Waals surface area contributed by atoms with E-state index in [0.29, 0.717) is 11.6 Å². The molecular formula is C15H17NO9. The van der Waals surface area contributed by atoms with Crippen molar-refractivity contribution >= 4 is 29.8 Å². The smallest absolute Gasteiger partial charge is 0.335 e. The fraction of sp³-hybridized carbons (Fsp3) is 0.133. The van der Waals surface area contributed by atoms with E-state index in [0.717, 1.165) is 6.08 Å². The van der Waals surface area contributed by atoms with Gasteiger partial charge >= 0.3 is 23.9 Å². The first-order valence-corrected chi connectivity index (χ1v) is 6.48. The van der Waals surface area contributed by atoms with Gasteiger partial charge in [-0.25, -0.2) is 9.59 Å².